The molecule has 3 heterocycles. The highest BCUT2D eigenvalue weighted by Gasteiger charge is 2.28. The molecule has 0 aliphatic heterocycles. The third-order valence-electron chi connectivity index (χ3n) is 7.58. The van der Waals surface area contributed by atoms with E-state index >= 15 is 0 Å². The van der Waals surface area contributed by atoms with Gasteiger partial charge in [-0.05, 0) is 40.5 Å². The Hall–Kier alpha value is -3.92. The van der Waals surface area contributed by atoms with E-state index in [0.29, 0.717) is 11.8 Å². The maximum atomic E-state index is 6.51. The largest absolute Gasteiger partial charge is 0.455 e. The Balaban J connectivity index is 1.83. The second-order valence-corrected chi connectivity index (χ2v) is 12.0. The summed E-state index contributed by atoms with van der Waals surface area (Å²) in [6.45, 7) is 15.8. The van der Waals surface area contributed by atoms with Crippen LogP contribution in [0.25, 0.3) is 50.0 Å². The van der Waals surface area contributed by atoms with Crippen molar-refractivity contribution in [2.75, 3.05) is 0 Å². The summed E-state index contributed by atoms with van der Waals surface area (Å²) in [5, 5.41) is 2.22. The van der Waals surface area contributed by atoms with Crippen LogP contribution in [-0.4, -0.2) is 14.5 Å². The predicted octanol–water partition coefficient (Wildman–Crippen LogP) is 9.53. The summed E-state index contributed by atoms with van der Waals surface area (Å²) in [4.78, 5) is 9.93. The van der Waals surface area contributed by atoms with E-state index in [1.54, 1.807) is 0 Å². The number of imidazole rings is 1. The Labute approximate surface area is 224 Å². The van der Waals surface area contributed by atoms with Gasteiger partial charge in [-0.3, -0.25) is 9.55 Å². The predicted molar refractivity (Wildman–Crippen MR) is 158 cm³/mol. The van der Waals surface area contributed by atoms with E-state index in [4.69, 9.17) is 9.40 Å². The molecule has 0 fully saturated rings. The molecule has 0 aliphatic rings. The van der Waals surface area contributed by atoms with Crippen LogP contribution in [0.2, 0.25) is 0 Å². The fourth-order valence-corrected chi connectivity index (χ4v) is 5.67. The van der Waals surface area contributed by atoms with Crippen molar-refractivity contribution in [3.05, 3.63) is 89.7 Å². The molecule has 0 bridgehead atoms. The van der Waals surface area contributed by atoms with Gasteiger partial charge in [-0.25, -0.2) is 4.98 Å². The van der Waals surface area contributed by atoms with E-state index in [2.05, 4.69) is 107 Å². The van der Waals surface area contributed by atoms with Crippen molar-refractivity contribution in [2.45, 2.75) is 65.7 Å². The zero-order chi connectivity index (χ0) is 26.8. The maximum Gasteiger partial charge on any atom is 0.149 e. The molecule has 6 rings (SSSR count). The van der Waals surface area contributed by atoms with Crippen LogP contribution in [0.5, 0.6) is 0 Å². The van der Waals surface area contributed by atoms with Crippen molar-refractivity contribution in [2.24, 2.45) is 0 Å². The molecule has 0 unspecified atom stereocenters. The minimum absolute atomic E-state index is 0.113. The van der Waals surface area contributed by atoms with Gasteiger partial charge in [0.1, 0.15) is 22.5 Å². The molecule has 3 aromatic carbocycles. The van der Waals surface area contributed by atoms with Gasteiger partial charge in [0.15, 0.2) is 0 Å². The van der Waals surface area contributed by atoms with E-state index in [9.17, 15) is 0 Å². The first-order chi connectivity index (χ1) is 18.2. The number of fused-ring (bicyclic) bond motifs is 4. The van der Waals surface area contributed by atoms with Crippen LogP contribution in [0.1, 0.15) is 77.0 Å². The number of hydrogen-bond acceptors (Lipinski definition) is 3. The lowest BCUT2D eigenvalue weighted by Crippen LogP contribution is -2.15. The molecule has 3 aromatic heterocycles. The number of hydrogen-bond donors (Lipinski definition) is 0. The van der Waals surface area contributed by atoms with Gasteiger partial charge in [-0.2, -0.15) is 0 Å². The second kappa shape index (κ2) is 8.83. The number of rotatable bonds is 4. The van der Waals surface area contributed by atoms with Crippen LogP contribution in [0.3, 0.4) is 0 Å². The number of nitrogens with zero attached hydrogens (tertiary/aromatic N) is 3. The third kappa shape index (κ3) is 3.74. The Bertz CT molecular complexity index is 1790. The molecule has 0 spiro atoms. The lowest BCUT2D eigenvalue weighted by molar-refractivity contribution is 0.591. The molecule has 192 valence electrons. The molecule has 4 nitrogen and oxygen atoms in total. The van der Waals surface area contributed by atoms with Gasteiger partial charge in [0.25, 0.3) is 0 Å². The molecule has 0 saturated heterocycles. The van der Waals surface area contributed by atoms with Crippen molar-refractivity contribution in [1.29, 1.82) is 0 Å². The summed E-state index contributed by atoms with van der Waals surface area (Å²) >= 11 is 0. The summed E-state index contributed by atoms with van der Waals surface area (Å²) in [7, 11) is 0. The third-order valence-corrected chi connectivity index (χ3v) is 7.58. The van der Waals surface area contributed by atoms with Gasteiger partial charge >= 0.3 is 0 Å². The van der Waals surface area contributed by atoms with Gasteiger partial charge in [0, 0.05) is 22.5 Å². The first kappa shape index (κ1) is 24.4. The van der Waals surface area contributed by atoms with E-state index in [-0.39, 0.29) is 5.41 Å². The highest BCUT2D eigenvalue weighted by Crippen LogP contribution is 2.42. The monoisotopic (exact) mass is 501 g/mol. The van der Waals surface area contributed by atoms with Crippen LogP contribution in [0.4, 0.5) is 0 Å². The number of para-hydroxylation sites is 3. The normalized spacial score (nSPS) is 12.6. The summed E-state index contributed by atoms with van der Waals surface area (Å²) in [6.07, 6.45) is 3.91. The Morgan fingerprint density at radius 1 is 0.763 bits per heavy atom. The highest BCUT2D eigenvalue weighted by atomic mass is 16.3. The first-order valence-electron chi connectivity index (χ1n) is 13.6. The molecule has 0 saturated carbocycles. The molecule has 0 amide bonds. The number of furan rings is 1. The van der Waals surface area contributed by atoms with Gasteiger partial charge in [-0.15, -0.1) is 0 Å². The van der Waals surface area contributed by atoms with Gasteiger partial charge in [-0.1, -0.05) is 97.0 Å². The minimum atomic E-state index is -0.113. The molecule has 4 heteroatoms. The second-order valence-electron chi connectivity index (χ2n) is 12.0. The molecule has 6 aromatic rings. The number of pyridine rings is 1. The quantitative estimate of drug-likeness (QED) is 0.241. The standard InChI is InChI=1S/C34H35N3O/c1-20(2)22-13-10-14-23(21(3)4)30(22)37-31-27(34(5,6)7)18-35-19-28(31)36-33(37)26-16-11-15-25-24-12-8-9-17-29(24)38-32(25)26/h8-21H,1-7H3. The van der Waals surface area contributed by atoms with E-state index < -0.39 is 0 Å². The van der Waals surface area contributed by atoms with Crippen LogP contribution < -0.4 is 0 Å². The van der Waals surface area contributed by atoms with Gasteiger partial charge in [0.2, 0.25) is 0 Å². The van der Waals surface area contributed by atoms with Crippen LogP contribution in [0.15, 0.2) is 77.5 Å². The van der Waals surface area contributed by atoms with Crippen molar-refractivity contribution >= 4 is 33.0 Å². The molecule has 0 atom stereocenters. The SMILES string of the molecule is CC(C)c1cccc(C(C)C)c1-n1c(-c2cccc3c2oc2ccccc23)nc2cncc(C(C)(C)C)c21. The molecule has 0 N–H and O–H groups in total. The van der Waals surface area contributed by atoms with Crippen molar-refractivity contribution < 1.29 is 4.42 Å². The topological polar surface area (TPSA) is 43.9 Å². The zero-order valence-electron chi connectivity index (χ0n) is 23.3. The Morgan fingerprint density at radius 2 is 1.42 bits per heavy atom. The molecule has 38 heavy (non-hydrogen) atoms. The number of benzene rings is 3. The van der Waals surface area contributed by atoms with E-state index in [0.717, 1.165) is 44.4 Å². The van der Waals surface area contributed by atoms with E-state index in [1.165, 1.54) is 22.4 Å². The molecular weight excluding hydrogens is 466 g/mol. The minimum Gasteiger partial charge on any atom is -0.455 e. The molecule has 0 radical (unpaired) electrons. The number of aromatic nitrogens is 3. The smallest absolute Gasteiger partial charge is 0.149 e. The Kier molecular flexibility index (Phi) is 5.68. The molecular formula is C34H35N3O. The van der Waals surface area contributed by atoms with Crippen LogP contribution in [-0.2, 0) is 5.41 Å². The fourth-order valence-electron chi connectivity index (χ4n) is 5.67. The zero-order valence-corrected chi connectivity index (χ0v) is 23.3. The maximum absolute atomic E-state index is 6.51. The van der Waals surface area contributed by atoms with Gasteiger partial charge < -0.3 is 4.42 Å². The summed E-state index contributed by atoms with van der Waals surface area (Å²) in [5.74, 6) is 1.57. The molecule has 0 aliphatic carbocycles. The first-order valence-corrected chi connectivity index (χ1v) is 13.6. The average Bonchev–Trinajstić information content (AvgIpc) is 3.46. The summed E-state index contributed by atoms with van der Waals surface area (Å²) in [6, 6.07) is 21.4. The lowest BCUT2D eigenvalue weighted by Gasteiger charge is -2.25. The van der Waals surface area contributed by atoms with Crippen molar-refractivity contribution in [1.82, 2.24) is 14.5 Å². The summed E-state index contributed by atoms with van der Waals surface area (Å²) < 4.78 is 8.92. The van der Waals surface area contributed by atoms with Crippen molar-refractivity contribution in [3.63, 3.8) is 0 Å². The van der Waals surface area contributed by atoms with Crippen LogP contribution in [0, 0.1) is 0 Å². The van der Waals surface area contributed by atoms with Gasteiger partial charge in [0.05, 0.1) is 23.0 Å². The average molecular weight is 502 g/mol. The lowest BCUT2D eigenvalue weighted by atomic mass is 9.87. The summed E-state index contributed by atoms with van der Waals surface area (Å²) in [5.41, 5.74) is 9.66. The van der Waals surface area contributed by atoms with E-state index in [1.807, 2.05) is 24.5 Å². The highest BCUT2D eigenvalue weighted by molar-refractivity contribution is 6.09. The van der Waals surface area contributed by atoms with Crippen molar-refractivity contribution in [3.8, 4) is 17.1 Å². The van der Waals surface area contributed by atoms with Crippen LogP contribution >= 0.6 is 0 Å². The Morgan fingerprint density at radius 3 is 2.11 bits per heavy atom. The fraction of sp³-hybridized carbons (Fsp3) is 0.294.